The Morgan fingerprint density at radius 3 is 1.12 bits per heavy atom. The van der Waals surface area contributed by atoms with Gasteiger partial charge in [-0.15, -0.1) is 0 Å². The minimum atomic E-state index is -0.819. The summed E-state index contributed by atoms with van der Waals surface area (Å²) in [7, 11) is 0. The van der Waals surface area contributed by atoms with Crippen molar-refractivity contribution >= 4 is 23.9 Å². The molecule has 0 aromatic carbocycles. The van der Waals surface area contributed by atoms with Gasteiger partial charge in [0.2, 0.25) is 0 Å². The molecule has 0 saturated carbocycles. The summed E-state index contributed by atoms with van der Waals surface area (Å²) >= 11 is 0. The van der Waals surface area contributed by atoms with E-state index >= 15 is 0 Å². The number of ether oxygens (including phenoxy) is 6. The fourth-order valence-electron chi connectivity index (χ4n) is 5.27. The number of hydrogen-bond donors (Lipinski definition) is 0. The molecule has 1 rings (SSSR count). The Hall–Kier alpha value is -2.20. The van der Waals surface area contributed by atoms with E-state index in [9.17, 15) is 19.2 Å². The molecule has 10 nitrogen and oxygen atoms in total. The molecule has 1 aliphatic rings. The van der Waals surface area contributed by atoms with Gasteiger partial charge in [0.1, 0.15) is 13.2 Å². The first-order chi connectivity index (χ1) is 23.1. The van der Waals surface area contributed by atoms with Crippen LogP contribution in [0.2, 0.25) is 0 Å². The highest BCUT2D eigenvalue weighted by Crippen LogP contribution is 2.31. The molecule has 0 N–H and O–H groups in total. The Morgan fingerprint density at radius 1 is 0.458 bits per heavy atom. The van der Waals surface area contributed by atoms with Gasteiger partial charge < -0.3 is 28.4 Å². The molecule has 280 valence electrons. The van der Waals surface area contributed by atoms with E-state index in [1.807, 2.05) is 0 Å². The van der Waals surface area contributed by atoms with Crippen LogP contribution in [0.1, 0.15) is 169 Å². The molecular formula is C38H68O10. The topological polar surface area (TPSA) is 124 Å². The van der Waals surface area contributed by atoms with Crippen LogP contribution >= 0.6 is 0 Å². The third-order valence-electron chi connectivity index (χ3n) is 8.58. The summed E-state index contributed by atoms with van der Waals surface area (Å²) in [5.74, 6) is -2.02. The Balaban J connectivity index is 2.24. The molecule has 0 unspecified atom stereocenters. The van der Waals surface area contributed by atoms with Crippen molar-refractivity contribution in [1.29, 1.82) is 0 Å². The van der Waals surface area contributed by atoms with Crippen molar-refractivity contribution in [3.8, 4) is 0 Å². The van der Waals surface area contributed by atoms with E-state index in [0.29, 0.717) is 38.9 Å². The van der Waals surface area contributed by atoms with Crippen LogP contribution in [0.4, 0.5) is 0 Å². The zero-order valence-corrected chi connectivity index (χ0v) is 30.9. The number of esters is 4. The second-order valence-electron chi connectivity index (χ2n) is 13.9. The summed E-state index contributed by atoms with van der Waals surface area (Å²) in [5, 5.41) is 0. The van der Waals surface area contributed by atoms with Gasteiger partial charge in [-0.05, 0) is 52.4 Å². The fourth-order valence-corrected chi connectivity index (χ4v) is 5.27. The highest BCUT2D eigenvalue weighted by atomic mass is 16.7. The SMILES string of the molecule is CCCCCCCCCOC(=O)CCCCC(=O)OCC1(COC(=O)CCCCC(=O)OCCCCCCCCC)COC(C)(C)OC1. The van der Waals surface area contributed by atoms with Gasteiger partial charge in [0.05, 0.1) is 31.8 Å². The Labute approximate surface area is 291 Å². The van der Waals surface area contributed by atoms with Gasteiger partial charge in [0.25, 0.3) is 0 Å². The molecule has 0 radical (unpaired) electrons. The maximum Gasteiger partial charge on any atom is 0.305 e. The van der Waals surface area contributed by atoms with Crippen molar-refractivity contribution in [3.63, 3.8) is 0 Å². The van der Waals surface area contributed by atoms with Crippen molar-refractivity contribution < 1.29 is 47.6 Å². The fraction of sp³-hybridized carbons (Fsp3) is 0.895. The Morgan fingerprint density at radius 2 is 0.771 bits per heavy atom. The van der Waals surface area contributed by atoms with E-state index in [1.54, 1.807) is 13.8 Å². The minimum absolute atomic E-state index is 0.0136. The number of carbonyl (C=O) groups excluding carboxylic acids is 4. The maximum atomic E-state index is 12.5. The van der Waals surface area contributed by atoms with E-state index in [2.05, 4.69) is 13.8 Å². The normalized spacial score (nSPS) is 15.1. The van der Waals surface area contributed by atoms with Crippen molar-refractivity contribution in [2.45, 2.75) is 175 Å². The number of hydrogen-bond acceptors (Lipinski definition) is 10. The van der Waals surface area contributed by atoms with Gasteiger partial charge in [-0.2, -0.15) is 0 Å². The molecule has 0 bridgehead atoms. The van der Waals surface area contributed by atoms with Crippen LogP contribution < -0.4 is 0 Å². The molecule has 0 atom stereocenters. The largest absolute Gasteiger partial charge is 0.466 e. The summed E-state index contributed by atoms with van der Waals surface area (Å²) in [6.45, 7) is 9.29. The van der Waals surface area contributed by atoms with Gasteiger partial charge in [-0.25, -0.2) is 0 Å². The van der Waals surface area contributed by atoms with Crippen LogP contribution in [-0.2, 0) is 47.6 Å². The molecule has 0 aromatic rings. The van der Waals surface area contributed by atoms with Gasteiger partial charge in [-0.3, -0.25) is 19.2 Å². The van der Waals surface area contributed by atoms with Crippen LogP contribution in [0.5, 0.6) is 0 Å². The third-order valence-corrected chi connectivity index (χ3v) is 8.58. The lowest BCUT2D eigenvalue weighted by molar-refractivity contribution is -0.296. The van der Waals surface area contributed by atoms with Gasteiger partial charge in [0.15, 0.2) is 5.79 Å². The monoisotopic (exact) mass is 684 g/mol. The first-order valence-corrected chi connectivity index (χ1v) is 19.0. The molecule has 0 spiro atoms. The maximum absolute atomic E-state index is 12.5. The molecule has 1 heterocycles. The average molecular weight is 685 g/mol. The van der Waals surface area contributed by atoms with Crippen LogP contribution in [0, 0.1) is 5.41 Å². The van der Waals surface area contributed by atoms with Crippen LogP contribution in [-0.4, -0.2) is 69.3 Å². The van der Waals surface area contributed by atoms with Crippen LogP contribution in [0.25, 0.3) is 0 Å². The van der Waals surface area contributed by atoms with E-state index in [4.69, 9.17) is 28.4 Å². The third kappa shape index (κ3) is 24.0. The summed E-state index contributed by atoms with van der Waals surface area (Å²) in [6, 6.07) is 0. The first-order valence-electron chi connectivity index (χ1n) is 19.0. The quantitative estimate of drug-likeness (QED) is 0.0413. The summed E-state index contributed by atoms with van der Waals surface area (Å²) in [5.41, 5.74) is -0.819. The predicted molar refractivity (Wildman–Crippen MR) is 185 cm³/mol. The molecule has 48 heavy (non-hydrogen) atoms. The lowest BCUT2D eigenvalue weighted by Gasteiger charge is -2.42. The highest BCUT2D eigenvalue weighted by molar-refractivity contribution is 5.71. The van der Waals surface area contributed by atoms with Crippen molar-refractivity contribution in [3.05, 3.63) is 0 Å². The molecular weight excluding hydrogens is 616 g/mol. The second kappa shape index (κ2) is 27.6. The first kappa shape index (κ1) is 43.8. The highest BCUT2D eigenvalue weighted by Gasteiger charge is 2.42. The zero-order chi connectivity index (χ0) is 35.4. The number of unbranched alkanes of at least 4 members (excludes halogenated alkanes) is 14. The van der Waals surface area contributed by atoms with Crippen molar-refractivity contribution in [1.82, 2.24) is 0 Å². The number of rotatable bonds is 30. The summed E-state index contributed by atoms with van der Waals surface area (Å²) < 4.78 is 33.4. The predicted octanol–water partition coefficient (Wildman–Crippen LogP) is 8.55. The molecule has 0 amide bonds. The van der Waals surface area contributed by atoms with Crippen LogP contribution in [0.15, 0.2) is 0 Å². The van der Waals surface area contributed by atoms with E-state index < -0.39 is 11.2 Å². The van der Waals surface area contributed by atoms with Gasteiger partial charge >= 0.3 is 23.9 Å². The molecule has 0 aromatic heterocycles. The molecule has 1 aliphatic heterocycles. The zero-order valence-electron chi connectivity index (χ0n) is 30.9. The molecule has 1 saturated heterocycles. The second-order valence-corrected chi connectivity index (χ2v) is 13.9. The lowest BCUT2D eigenvalue weighted by atomic mass is 9.91. The standard InChI is InChI=1S/C38H68O10/c1-5-7-9-11-13-15-21-27-43-33(39)23-17-19-25-35(41)45-29-38(31-47-37(3,4)48-32-38)30-46-36(42)26-20-18-24-34(40)44-28-22-16-14-12-10-8-6-2/h5-32H2,1-4H3. The summed E-state index contributed by atoms with van der Waals surface area (Å²) in [4.78, 5) is 49.0. The van der Waals surface area contributed by atoms with Crippen molar-refractivity contribution in [2.24, 2.45) is 5.41 Å². The van der Waals surface area contributed by atoms with Crippen LogP contribution in [0.3, 0.4) is 0 Å². The molecule has 10 heteroatoms. The van der Waals surface area contributed by atoms with E-state index in [0.717, 1.165) is 25.7 Å². The Kier molecular flexibility index (Phi) is 25.2. The summed E-state index contributed by atoms with van der Waals surface area (Å²) in [6.07, 6.45) is 19.4. The number of carbonyl (C=O) groups is 4. The van der Waals surface area contributed by atoms with Gasteiger partial charge in [-0.1, -0.05) is 90.9 Å². The smallest absolute Gasteiger partial charge is 0.305 e. The van der Waals surface area contributed by atoms with Gasteiger partial charge in [0, 0.05) is 25.7 Å². The lowest BCUT2D eigenvalue weighted by Crippen LogP contribution is -2.51. The average Bonchev–Trinajstić information content (AvgIpc) is 3.06. The Bertz CT molecular complexity index is 804. The van der Waals surface area contributed by atoms with E-state index in [-0.39, 0.29) is 76.0 Å². The minimum Gasteiger partial charge on any atom is -0.466 e. The molecule has 0 aliphatic carbocycles. The van der Waals surface area contributed by atoms with Crippen molar-refractivity contribution in [2.75, 3.05) is 39.6 Å². The van der Waals surface area contributed by atoms with E-state index in [1.165, 1.54) is 64.2 Å². The molecule has 1 fully saturated rings.